The van der Waals surface area contributed by atoms with E-state index in [-0.39, 0.29) is 6.04 Å². The molecule has 0 amide bonds. The fraction of sp³-hybridized carbons (Fsp3) is 0.294. The fourth-order valence-corrected chi connectivity index (χ4v) is 2.57. The van der Waals surface area contributed by atoms with Gasteiger partial charge < -0.3 is 5.32 Å². The molecule has 0 radical (unpaired) electrons. The van der Waals surface area contributed by atoms with Gasteiger partial charge in [0, 0.05) is 16.8 Å². The lowest BCUT2D eigenvalue weighted by atomic mass is 10.00. The molecule has 0 bridgehead atoms. The van der Waals surface area contributed by atoms with Crippen molar-refractivity contribution in [2.75, 3.05) is 5.32 Å². The summed E-state index contributed by atoms with van der Waals surface area (Å²) in [6.07, 6.45) is 0. The zero-order valence-electron chi connectivity index (χ0n) is 11.7. The molecule has 0 saturated carbocycles. The third kappa shape index (κ3) is 3.30. The quantitative estimate of drug-likeness (QED) is 0.760. The van der Waals surface area contributed by atoms with Crippen LogP contribution in [-0.4, -0.2) is 0 Å². The lowest BCUT2D eigenvalue weighted by molar-refractivity contribution is 0.841. The monoisotopic (exact) mass is 273 g/mol. The summed E-state index contributed by atoms with van der Waals surface area (Å²) in [5.41, 5.74) is 3.65. The van der Waals surface area contributed by atoms with Crippen molar-refractivity contribution in [3.8, 4) is 0 Å². The van der Waals surface area contributed by atoms with Gasteiger partial charge in [0.2, 0.25) is 0 Å². The van der Waals surface area contributed by atoms with Crippen LogP contribution in [0.5, 0.6) is 0 Å². The number of para-hydroxylation sites is 1. The summed E-state index contributed by atoms with van der Waals surface area (Å²) in [4.78, 5) is 0. The third-order valence-corrected chi connectivity index (χ3v) is 3.67. The summed E-state index contributed by atoms with van der Waals surface area (Å²) in [7, 11) is 0. The van der Waals surface area contributed by atoms with E-state index < -0.39 is 0 Å². The van der Waals surface area contributed by atoms with Crippen molar-refractivity contribution in [1.29, 1.82) is 0 Å². The summed E-state index contributed by atoms with van der Waals surface area (Å²) < 4.78 is 0. The Hall–Kier alpha value is -1.47. The molecule has 0 spiro atoms. The predicted molar refractivity (Wildman–Crippen MR) is 84.0 cm³/mol. The van der Waals surface area contributed by atoms with E-state index in [0.29, 0.717) is 5.92 Å². The van der Waals surface area contributed by atoms with Gasteiger partial charge in [-0.1, -0.05) is 61.8 Å². The van der Waals surface area contributed by atoms with Crippen molar-refractivity contribution in [2.24, 2.45) is 0 Å². The molecule has 2 aromatic rings. The summed E-state index contributed by atoms with van der Waals surface area (Å²) in [5.74, 6) is 0.502. The minimum atomic E-state index is 0.189. The standard InChI is InChI=1S/C17H20ClN/c1-12(2)14-8-5-7-11-17(14)19-13(3)15-9-4-6-10-16(15)18/h4-13,19H,1-3H3. The van der Waals surface area contributed by atoms with Crippen molar-refractivity contribution >= 4 is 17.3 Å². The molecule has 0 aliphatic carbocycles. The Morgan fingerprint density at radius 1 is 0.842 bits per heavy atom. The number of halogens is 1. The number of rotatable bonds is 4. The Morgan fingerprint density at radius 2 is 1.42 bits per heavy atom. The van der Waals surface area contributed by atoms with Gasteiger partial charge >= 0.3 is 0 Å². The summed E-state index contributed by atoms with van der Waals surface area (Å²) in [6, 6.07) is 16.6. The van der Waals surface area contributed by atoms with Crippen molar-refractivity contribution in [1.82, 2.24) is 0 Å². The minimum Gasteiger partial charge on any atom is -0.378 e. The Labute approximate surface area is 120 Å². The summed E-state index contributed by atoms with van der Waals surface area (Å²) >= 11 is 6.25. The first-order chi connectivity index (χ1) is 9.09. The van der Waals surface area contributed by atoms with Gasteiger partial charge in [0.25, 0.3) is 0 Å². The molecular formula is C17H20ClN. The summed E-state index contributed by atoms with van der Waals surface area (Å²) in [5, 5.41) is 4.37. The van der Waals surface area contributed by atoms with E-state index in [1.54, 1.807) is 0 Å². The first-order valence-electron chi connectivity index (χ1n) is 6.69. The van der Waals surface area contributed by atoms with Gasteiger partial charge in [-0.15, -0.1) is 0 Å². The van der Waals surface area contributed by atoms with Crippen molar-refractivity contribution in [3.05, 3.63) is 64.7 Å². The minimum absolute atomic E-state index is 0.189. The maximum Gasteiger partial charge on any atom is 0.0500 e. The molecule has 1 nitrogen and oxygen atoms in total. The van der Waals surface area contributed by atoms with E-state index in [0.717, 1.165) is 10.6 Å². The highest BCUT2D eigenvalue weighted by atomic mass is 35.5. The van der Waals surface area contributed by atoms with Crippen LogP contribution >= 0.6 is 11.6 Å². The summed E-state index contributed by atoms with van der Waals surface area (Å²) in [6.45, 7) is 6.56. The highest BCUT2D eigenvalue weighted by molar-refractivity contribution is 6.31. The van der Waals surface area contributed by atoms with Crippen LogP contribution in [0.1, 0.15) is 43.9 Å². The number of hydrogen-bond acceptors (Lipinski definition) is 1. The second kappa shape index (κ2) is 6.12. The topological polar surface area (TPSA) is 12.0 Å². The molecule has 0 heterocycles. The first kappa shape index (κ1) is 14.0. The zero-order chi connectivity index (χ0) is 13.8. The van der Waals surface area contributed by atoms with Crippen LogP contribution in [0.2, 0.25) is 5.02 Å². The van der Waals surface area contributed by atoms with Crippen LogP contribution in [0.3, 0.4) is 0 Å². The molecule has 19 heavy (non-hydrogen) atoms. The van der Waals surface area contributed by atoms with E-state index in [9.17, 15) is 0 Å². The Balaban J connectivity index is 2.24. The van der Waals surface area contributed by atoms with Crippen molar-refractivity contribution in [2.45, 2.75) is 32.7 Å². The zero-order valence-corrected chi connectivity index (χ0v) is 12.4. The van der Waals surface area contributed by atoms with Gasteiger partial charge in [-0.25, -0.2) is 0 Å². The molecule has 0 saturated heterocycles. The van der Waals surface area contributed by atoms with Crippen molar-refractivity contribution < 1.29 is 0 Å². The maximum absolute atomic E-state index is 6.25. The van der Waals surface area contributed by atoms with E-state index in [4.69, 9.17) is 11.6 Å². The first-order valence-corrected chi connectivity index (χ1v) is 7.07. The average Bonchev–Trinajstić information content (AvgIpc) is 2.39. The van der Waals surface area contributed by atoms with Gasteiger partial charge in [0.05, 0.1) is 0 Å². The molecule has 0 fully saturated rings. The normalized spacial score (nSPS) is 12.5. The fourth-order valence-electron chi connectivity index (χ4n) is 2.27. The second-order valence-electron chi connectivity index (χ2n) is 5.13. The van der Waals surface area contributed by atoms with Gasteiger partial charge in [-0.2, -0.15) is 0 Å². The van der Waals surface area contributed by atoms with Crippen LogP contribution < -0.4 is 5.32 Å². The highest BCUT2D eigenvalue weighted by Crippen LogP contribution is 2.29. The molecule has 0 aliphatic rings. The van der Waals surface area contributed by atoms with Gasteiger partial charge in [0.1, 0.15) is 0 Å². The number of nitrogens with one attached hydrogen (secondary N) is 1. The van der Waals surface area contributed by atoms with Gasteiger partial charge in [-0.3, -0.25) is 0 Å². The lowest BCUT2D eigenvalue weighted by Crippen LogP contribution is -2.09. The van der Waals surface area contributed by atoms with E-state index >= 15 is 0 Å². The molecule has 2 heteroatoms. The largest absolute Gasteiger partial charge is 0.378 e. The highest BCUT2D eigenvalue weighted by Gasteiger charge is 2.12. The molecule has 1 N–H and O–H groups in total. The molecular weight excluding hydrogens is 254 g/mol. The molecule has 100 valence electrons. The van der Waals surface area contributed by atoms with Crippen LogP contribution in [0.15, 0.2) is 48.5 Å². The van der Waals surface area contributed by atoms with E-state index in [1.165, 1.54) is 11.3 Å². The predicted octanol–water partition coefficient (Wildman–Crippen LogP) is 5.64. The van der Waals surface area contributed by atoms with Crippen LogP contribution in [0, 0.1) is 0 Å². The van der Waals surface area contributed by atoms with Crippen LogP contribution in [0.4, 0.5) is 5.69 Å². The van der Waals surface area contributed by atoms with Crippen LogP contribution in [-0.2, 0) is 0 Å². The molecule has 0 aliphatic heterocycles. The Morgan fingerprint density at radius 3 is 2.05 bits per heavy atom. The molecule has 1 unspecified atom stereocenters. The Bertz CT molecular complexity index is 548. The number of hydrogen-bond donors (Lipinski definition) is 1. The van der Waals surface area contributed by atoms with Gasteiger partial charge in [-0.05, 0) is 36.1 Å². The lowest BCUT2D eigenvalue weighted by Gasteiger charge is -2.20. The smallest absolute Gasteiger partial charge is 0.0500 e. The van der Waals surface area contributed by atoms with E-state index in [2.05, 4.69) is 56.4 Å². The number of benzene rings is 2. The van der Waals surface area contributed by atoms with Gasteiger partial charge in [0.15, 0.2) is 0 Å². The van der Waals surface area contributed by atoms with Crippen LogP contribution in [0.25, 0.3) is 0 Å². The molecule has 2 aromatic carbocycles. The SMILES string of the molecule is CC(C)c1ccccc1NC(C)c1ccccc1Cl. The number of anilines is 1. The average molecular weight is 274 g/mol. The second-order valence-corrected chi connectivity index (χ2v) is 5.54. The third-order valence-electron chi connectivity index (χ3n) is 3.33. The maximum atomic E-state index is 6.25. The Kier molecular flexibility index (Phi) is 4.49. The molecule has 0 aromatic heterocycles. The molecule has 1 atom stereocenters. The molecule has 2 rings (SSSR count). The van der Waals surface area contributed by atoms with E-state index in [1.807, 2.05) is 18.2 Å². The van der Waals surface area contributed by atoms with Crippen molar-refractivity contribution in [3.63, 3.8) is 0 Å².